The SMILES string of the molecule is C=C(CN(C=N)CC)SC. The Morgan fingerprint density at radius 1 is 1.80 bits per heavy atom. The van der Waals surface area contributed by atoms with Gasteiger partial charge >= 0.3 is 0 Å². The number of nitrogens with one attached hydrogen (secondary N) is 1. The molecule has 0 fully saturated rings. The van der Waals surface area contributed by atoms with E-state index in [0.29, 0.717) is 0 Å². The molecule has 0 bridgehead atoms. The topological polar surface area (TPSA) is 27.1 Å². The lowest BCUT2D eigenvalue weighted by molar-refractivity contribution is 0.498. The quantitative estimate of drug-likeness (QED) is 0.488. The van der Waals surface area contributed by atoms with Crippen LogP contribution in [0.1, 0.15) is 6.92 Å². The van der Waals surface area contributed by atoms with Gasteiger partial charge in [0, 0.05) is 13.1 Å². The molecule has 2 nitrogen and oxygen atoms in total. The predicted octanol–water partition coefficient (Wildman–Crippen LogP) is 1.79. The maximum Gasteiger partial charge on any atom is 0.0820 e. The Morgan fingerprint density at radius 3 is 2.70 bits per heavy atom. The largest absolute Gasteiger partial charge is 0.359 e. The van der Waals surface area contributed by atoms with Gasteiger partial charge in [0.1, 0.15) is 0 Å². The first kappa shape index (κ1) is 9.56. The van der Waals surface area contributed by atoms with Gasteiger partial charge in [0.2, 0.25) is 0 Å². The van der Waals surface area contributed by atoms with Gasteiger partial charge in [-0.3, -0.25) is 5.41 Å². The van der Waals surface area contributed by atoms with Crippen LogP contribution in [0.2, 0.25) is 0 Å². The smallest absolute Gasteiger partial charge is 0.0820 e. The van der Waals surface area contributed by atoms with Gasteiger partial charge in [-0.1, -0.05) is 6.58 Å². The standard InChI is InChI=1S/C7H14N2S/c1-4-9(6-8)5-7(2)10-3/h6,8H,2,4-5H2,1,3H3. The van der Waals surface area contributed by atoms with Gasteiger partial charge in [0.15, 0.2) is 0 Å². The van der Waals surface area contributed by atoms with E-state index < -0.39 is 0 Å². The van der Waals surface area contributed by atoms with Crippen molar-refractivity contribution in [3.05, 3.63) is 11.5 Å². The minimum absolute atomic E-state index is 0.793. The van der Waals surface area contributed by atoms with Gasteiger partial charge in [0.25, 0.3) is 0 Å². The van der Waals surface area contributed by atoms with Crippen LogP contribution >= 0.6 is 11.8 Å². The average molecular weight is 158 g/mol. The van der Waals surface area contributed by atoms with E-state index in [1.807, 2.05) is 18.1 Å². The van der Waals surface area contributed by atoms with Crippen molar-refractivity contribution in [3.63, 3.8) is 0 Å². The fourth-order valence-electron chi connectivity index (χ4n) is 0.540. The highest BCUT2D eigenvalue weighted by Gasteiger charge is 1.96. The number of hydrogen-bond donors (Lipinski definition) is 1. The van der Waals surface area contributed by atoms with E-state index in [9.17, 15) is 0 Å². The summed E-state index contributed by atoms with van der Waals surface area (Å²) in [5.41, 5.74) is 0. The van der Waals surface area contributed by atoms with Crippen molar-refractivity contribution in [2.75, 3.05) is 19.3 Å². The summed E-state index contributed by atoms with van der Waals surface area (Å²) in [6.45, 7) is 7.52. The first-order valence-electron chi connectivity index (χ1n) is 3.21. The van der Waals surface area contributed by atoms with E-state index in [1.54, 1.807) is 11.8 Å². The van der Waals surface area contributed by atoms with Crippen molar-refractivity contribution >= 4 is 18.1 Å². The molecule has 58 valence electrons. The summed E-state index contributed by atoms with van der Waals surface area (Å²) in [4.78, 5) is 3.00. The van der Waals surface area contributed by atoms with Crippen LogP contribution in [0.15, 0.2) is 11.5 Å². The van der Waals surface area contributed by atoms with Gasteiger partial charge in [0.05, 0.1) is 6.34 Å². The molecule has 0 atom stereocenters. The molecule has 0 saturated carbocycles. The van der Waals surface area contributed by atoms with Gasteiger partial charge < -0.3 is 4.90 Å². The fourth-order valence-corrected chi connectivity index (χ4v) is 0.835. The van der Waals surface area contributed by atoms with Crippen LogP contribution in [-0.2, 0) is 0 Å². The third-order valence-electron chi connectivity index (χ3n) is 1.26. The van der Waals surface area contributed by atoms with Gasteiger partial charge in [-0.15, -0.1) is 11.8 Å². The number of nitrogens with zero attached hydrogens (tertiary/aromatic N) is 1. The molecule has 10 heavy (non-hydrogen) atoms. The van der Waals surface area contributed by atoms with Crippen molar-refractivity contribution in [3.8, 4) is 0 Å². The normalized spacial score (nSPS) is 9.00. The highest BCUT2D eigenvalue weighted by molar-refractivity contribution is 8.02. The minimum atomic E-state index is 0.793. The minimum Gasteiger partial charge on any atom is -0.359 e. The highest BCUT2D eigenvalue weighted by atomic mass is 32.2. The Bertz CT molecular complexity index is 123. The summed E-state index contributed by atoms with van der Waals surface area (Å²) < 4.78 is 0. The molecule has 0 aromatic carbocycles. The second kappa shape index (κ2) is 5.35. The third kappa shape index (κ3) is 3.56. The Hall–Kier alpha value is -0.440. The molecule has 0 aromatic rings. The molecule has 0 amide bonds. The lowest BCUT2D eigenvalue weighted by atomic mass is 10.5. The molecule has 1 N–H and O–H groups in total. The fraction of sp³-hybridized carbons (Fsp3) is 0.571. The van der Waals surface area contributed by atoms with E-state index in [-0.39, 0.29) is 0 Å². The third-order valence-corrected chi connectivity index (χ3v) is 1.96. The second-order valence-corrected chi connectivity index (χ2v) is 2.92. The monoisotopic (exact) mass is 158 g/mol. The van der Waals surface area contributed by atoms with E-state index >= 15 is 0 Å². The first-order chi connectivity index (χ1) is 4.74. The summed E-state index contributed by atoms with van der Waals surface area (Å²) in [5, 5.41) is 6.98. The molecule has 0 aromatic heterocycles. The summed E-state index contributed by atoms with van der Waals surface area (Å²) >= 11 is 1.64. The van der Waals surface area contributed by atoms with Crippen molar-refractivity contribution in [2.45, 2.75) is 6.92 Å². The Kier molecular flexibility index (Phi) is 5.12. The Morgan fingerprint density at radius 2 is 2.40 bits per heavy atom. The molecule has 0 radical (unpaired) electrons. The zero-order chi connectivity index (χ0) is 7.98. The summed E-state index contributed by atoms with van der Waals surface area (Å²) in [7, 11) is 0. The van der Waals surface area contributed by atoms with Crippen LogP contribution in [0.5, 0.6) is 0 Å². The Labute approximate surface area is 66.8 Å². The Balaban J connectivity index is 3.62. The zero-order valence-corrected chi connectivity index (χ0v) is 7.37. The van der Waals surface area contributed by atoms with E-state index in [4.69, 9.17) is 5.41 Å². The van der Waals surface area contributed by atoms with Crippen LogP contribution in [0.25, 0.3) is 0 Å². The molecule has 0 spiro atoms. The van der Waals surface area contributed by atoms with E-state index in [2.05, 4.69) is 6.58 Å². The zero-order valence-electron chi connectivity index (χ0n) is 6.55. The molecule has 0 aliphatic carbocycles. The molecule has 0 unspecified atom stereocenters. The molecule has 0 aliphatic rings. The first-order valence-corrected chi connectivity index (χ1v) is 4.43. The molecule has 0 saturated heterocycles. The number of rotatable bonds is 5. The van der Waals surface area contributed by atoms with Crippen molar-refractivity contribution < 1.29 is 0 Å². The lowest BCUT2D eigenvalue weighted by Crippen LogP contribution is -2.22. The summed E-state index contributed by atoms with van der Waals surface area (Å²) in [5.74, 6) is 0. The average Bonchev–Trinajstić information content (AvgIpc) is 1.99. The van der Waals surface area contributed by atoms with E-state index in [1.165, 1.54) is 6.34 Å². The maximum absolute atomic E-state index is 6.98. The summed E-state index contributed by atoms with van der Waals surface area (Å²) in [6, 6.07) is 0. The molecule has 0 heterocycles. The molecule has 0 aliphatic heterocycles. The van der Waals surface area contributed by atoms with Crippen LogP contribution in [0.4, 0.5) is 0 Å². The second-order valence-electron chi connectivity index (χ2n) is 1.93. The lowest BCUT2D eigenvalue weighted by Gasteiger charge is -2.16. The van der Waals surface area contributed by atoms with Crippen LogP contribution in [0, 0.1) is 5.41 Å². The van der Waals surface area contributed by atoms with Crippen molar-refractivity contribution in [1.82, 2.24) is 4.90 Å². The van der Waals surface area contributed by atoms with E-state index in [0.717, 1.165) is 18.0 Å². The highest BCUT2D eigenvalue weighted by Crippen LogP contribution is 2.08. The molecular weight excluding hydrogens is 144 g/mol. The van der Waals surface area contributed by atoms with Crippen LogP contribution in [0.3, 0.4) is 0 Å². The van der Waals surface area contributed by atoms with Gasteiger partial charge in [-0.05, 0) is 18.1 Å². The van der Waals surface area contributed by atoms with Crippen LogP contribution < -0.4 is 0 Å². The number of thioether (sulfide) groups is 1. The number of likely N-dealkylation sites (N-methyl/N-ethyl adjacent to an activating group) is 1. The predicted molar refractivity (Wildman–Crippen MR) is 48.7 cm³/mol. The molecule has 0 rings (SSSR count). The van der Waals surface area contributed by atoms with Crippen molar-refractivity contribution in [2.24, 2.45) is 0 Å². The maximum atomic E-state index is 6.98. The van der Waals surface area contributed by atoms with Gasteiger partial charge in [-0.25, -0.2) is 0 Å². The summed E-state index contributed by atoms with van der Waals surface area (Å²) in [6.07, 6.45) is 3.35. The molecular formula is C7H14N2S. The van der Waals surface area contributed by atoms with Crippen molar-refractivity contribution in [1.29, 1.82) is 5.41 Å². The van der Waals surface area contributed by atoms with Crippen LogP contribution in [-0.4, -0.2) is 30.6 Å². The van der Waals surface area contributed by atoms with Gasteiger partial charge in [-0.2, -0.15) is 0 Å². The molecule has 3 heteroatoms. The number of hydrogen-bond acceptors (Lipinski definition) is 2.